The summed E-state index contributed by atoms with van der Waals surface area (Å²) in [6, 6.07) is 0. The molecule has 0 aromatic heterocycles. The van der Waals surface area contributed by atoms with Crippen molar-refractivity contribution in [2.24, 2.45) is 0 Å². The molecule has 0 rings (SSSR count). The van der Waals surface area contributed by atoms with Crippen LogP contribution in [0.25, 0.3) is 0 Å². The molecule has 0 aliphatic rings. The molecule has 0 bridgehead atoms. The van der Waals surface area contributed by atoms with Crippen LogP contribution in [-0.4, -0.2) is 81.4 Å². The summed E-state index contributed by atoms with van der Waals surface area (Å²) in [4.78, 5) is 73.0. The molecule has 0 spiro atoms. The number of ether oxygens (including phenoxy) is 6. The van der Waals surface area contributed by atoms with Crippen LogP contribution >= 0.6 is 0 Å². The summed E-state index contributed by atoms with van der Waals surface area (Å²) in [7, 11) is 0. The van der Waals surface area contributed by atoms with E-state index < -0.39 is 0 Å². The largest absolute Gasteiger partial charge is 0.462 e. The third-order valence-corrected chi connectivity index (χ3v) is 11.5. The third-order valence-electron chi connectivity index (χ3n) is 11.5. The smallest absolute Gasteiger partial charge is 0.308 e. The molecule has 2 unspecified atom stereocenters. The van der Waals surface area contributed by atoms with Crippen molar-refractivity contribution in [3.8, 4) is 0 Å². The van der Waals surface area contributed by atoms with Gasteiger partial charge in [-0.3, -0.25) is 39.4 Å². The third kappa shape index (κ3) is 47.7. The number of carbonyl (C=O) groups is 6. The predicted molar refractivity (Wildman–Crippen MR) is 273 cm³/mol. The number of unbranched alkanes of at least 4 members (excludes halogenated alkanes) is 16. The van der Waals surface area contributed by atoms with E-state index in [1.165, 1.54) is 12.8 Å². The van der Waals surface area contributed by atoms with Crippen LogP contribution < -0.4 is 10.6 Å². The van der Waals surface area contributed by atoms with E-state index in [0.29, 0.717) is 38.5 Å². The Labute approximate surface area is 418 Å². The number of esters is 6. The topological polar surface area (TPSA) is 182 Å². The first-order valence-electron chi connectivity index (χ1n) is 27.4. The zero-order valence-electron chi connectivity index (χ0n) is 43.9. The van der Waals surface area contributed by atoms with E-state index in [-0.39, 0.29) is 94.0 Å². The van der Waals surface area contributed by atoms with Crippen LogP contribution in [0.3, 0.4) is 0 Å². The van der Waals surface area contributed by atoms with Gasteiger partial charge in [-0.1, -0.05) is 129 Å². The van der Waals surface area contributed by atoms with Crippen LogP contribution in [0, 0.1) is 0 Å². The van der Waals surface area contributed by atoms with Gasteiger partial charge in [-0.15, -0.1) is 0 Å². The fourth-order valence-electron chi connectivity index (χ4n) is 7.36. The van der Waals surface area contributed by atoms with E-state index in [4.69, 9.17) is 28.4 Å². The Hall–Kier alpha value is -3.78. The van der Waals surface area contributed by atoms with E-state index in [9.17, 15) is 28.8 Å². The second kappa shape index (κ2) is 50.6. The van der Waals surface area contributed by atoms with Crippen molar-refractivity contribution >= 4 is 35.8 Å². The summed E-state index contributed by atoms with van der Waals surface area (Å²) < 4.78 is 32.1. The van der Waals surface area contributed by atoms with Crippen LogP contribution in [0.1, 0.15) is 246 Å². The lowest BCUT2D eigenvalue weighted by atomic mass is 10.1. The van der Waals surface area contributed by atoms with E-state index in [0.717, 1.165) is 154 Å². The molecule has 0 radical (unpaired) electrons. The van der Waals surface area contributed by atoms with Crippen molar-refractivity contribution in [2.75, 3.05) is 33.3 Å². The normalized spacial score (nSPS) is 12.2. The van der Waals surface area contributed by atoms with E-state index in [1.54, 1.807) is 0 Å². The van der Waals surface area contributed by atoms with Crippen molar-refractivity contribution in [1.82, 2.24) is 10.6 Å². The van der Waals surface area contributed by atoms with Gasteiger partial charge in [-0.2, -0.15) is 0 Å². The zero-order valence-corrected chi connectivity index (χ0v) is 43.9. The summed E-state index contributed by atoms with van der Waals surface area (Å²) in [5.41, 5.74) is 0. The van der Waals surface area contributed by atoms with Gasteiger partial charge < -0.3 is 28.4 Å². The lowest BCUT2D eigenvalue weighted by molar-refractivity contribution is -0.167. The highest BCUT2D eigenvalue weighted by atomic mass is 16.7. The SMILES string of the molecule is CCCCCCC(C/C=C\CCCCCCCC(=O)OCOC(=O)CCCCCCC/C=C\CC(CCCCCC)OC(=O)CCCC(=O)OCNCCC)OC(=O)CCCC(=O)OCNCCC. The number of allylic oxidation sites excluding steroid dienone is 2. The van der Waals surface area contributed by atoms with Gasteiger partial charge in [0, 0.05) is 51.4 Å². The monoisotopic (exact) mass is 979 g/mol. The van der Waals surface area contributed by atoms with Crippen molar-refractivity contribution in [1.29, 1.82) is 0 Å². The summed E-state index contributed by atoms with van der Waals surface area (Å²) >= 11 is 0. The highest BCUT2D eigenvalue weighted by molar-refractivity contribution is 5.73. The Kier molecular flexibility index (Phi) is 47.8. The molecule has 0 aromatic carbocycles. The molecule has 2 atom stereocenters. The number of carbonyl (C=O) groups excluding carboxylic acids is 6. The summed E-state index contributed by atoms with van der Waals surface area (Å²) in [6.45, 7) is 10.1. The maximum atomic E-state index is 12.5. The second-order valence-corrected chi connectivity index (χ2v) is 18.1. The zero-order chi connectivity index (χ0) is 50.7. The van der Waals surface area contributed by atoms with Gasteiger partial charge >= 0.3 is 35.8 Å². The summed E-state index contributed by atoms with van der Waals surface area (Å²) in [6.07, 6.45) is 35.8. The van der Waals surface area contributed by atoms with Crippen LogP contribution in [-0.2, 0) is 57.2 Å². The van der Waals surface area contributed by atoms with Crippen LogP contribution in [0.15, 0.2) is 24.3 Å². The molecule has 400 valence electrons. The molecular formula is C55H98N2O12. The quantitative estimate of drug-likeness (QED) is 0.0193. The van der Waals surface area contributed by atoms with Gasteiger partial charge in [0.05, 0.1) is 0 Å². The molecule has 69 heavy (non-hydrogen) atoms. The van der Waals surface area contributed by atoms with Crippen molar-refractivity contribution in [3.05, 3.63) is 24.3 Å². The minimum Gasteiger partial charge on any atom is -0.462 e. The molecule has 0 heterocycles. The highest BCUT2D eigenvalue weighted by Crippen LogP contribution is 2.17. The van der Waals surface area contributed by atoms with Gasteiger partial charge in [0.1, 0.15) is 25.7 Å². The van der Waals surface area contributed by atoms with Gasteiger partial charge in [0.2, 0.25) is 6.79 Å². The molecule has 14 heteroatoms. The van der Waals surface area contributed by atoms with Crippen molar-refractivity contribution in [2.45, 2.75) is 258 Å². The minimum atomic E-state index is -0.354. The Balaban J connectivity index is 4.06. The molecule has 2 N–H and O–H groups in total. The maximum absolute atomic E-state index is 12.5. The van der Waals surface area contributed by atoms with E-state index >= 15 is 0 Å². The van der Waals surface area contributed by atoms with Gasteiger partial charge in [0.25, 0.3) is 0 Å². The molecule has 0 fully saturated rings. The fourth-order valence-corrected chi connectivity index (χ4v) is 7.36. The molecule has 0 saturated heterocycles. The first-order chi connectivity index (χ1) is 33.6. The number of hydrogen-bond donors (Lipinski definition) is 2. The number of nitrogens with one attached hydrogen (secondary N) is 2. The lowest BCUT2D eigenvalue weighted by Gasteiger charge is -2.16. The maximum Gasteiger partial charge on any atom is 0.308 e. The average Bonchev–Trinajstić information content (AvgIpc) is 3.32. The van der Waals surface area contributed by atoms with Gasteiger partial charge in [0.15, 0.2) is 0 Å². The first kappa shape index (κ1) is 65.2. The summed E-state index contributed by atoms with van der Waals surface area (Å²) in [5.74, 6) is -1.85. The molecule has 0 amide bonds. The van der Waals surface area contributed by atoms with Crippen LogP contribution in [0.4, 0.5) is 0 Å². The molecule has 0 aliphatic carbocycles. The Bertz CT molecular complexity index is 1240. The number of rotatable bonds is 50. The minimum absolute atomic E-state index is 0.152. The van der Waals surface area contributed by atoms with Gasteiger partial charge in [-0.05, 0) is 103 Å². The standard InChI is InChI=1S/C55H98N2O12/c1-5-9-11-25-33-48(68-54(62)41-31-39-50(58)64-45-56-43-7-3)35-27-21-17-13-15-19-23-29-37-52(60)66-47-67-53(61)38-30-24-20-16-14-18-22-28-36-49(34-26-12-10-6-2)69-55(63)42-32-40-51(59)65-46-57-44-8-4/h21-22,27-28,48-49,56-57H,5-20,23-26,29-47H2,1-4H3/b27-21-,28-22-. The lowest BCUT2D eigenvalue weighted by Crippen LogP contribution is -2.21. The highest BCUT2D eigenvalue weighted by Gasteiger charge is 2.16. The first-order valence-corrected chi connectivity index (χ1v) is 27.4. The molecule has 0 aliphatic heterocycles. The van der Waals surface area contributed by atoms with Crippen molar-refractivity contribution < 1.29 is 57.2 Å². The summed E-state index contributed by atoms with van der Waals surface area (Å²) in [5, 5.41) is 6.04. The molecule has 0 aromatic rings. The van der Waals surface area contributed by atoms with Crippen LogP contribution in [0.5, 0.6) is 0 Å². The van der Waals surface area contributed by atoms with E-state index in [1.807, 2.05) is 13.8 Å². The van der Waals surface area contributed by atoms with Crippen molar-refractivity contribution in [3.63, 3.8) is 0 Å². The predicted octanol–water partition coefficient (Wildman–Crippen LogP) is 12.5. The number of hydrogen-bond acceptors (Lipinski definition) is 14. The van der Waals surface area contributed by atoms with Crippen LogP contribution in [0.2, 0.25) is 0 Å². The Morgan fingerprint density at radius 1 is 0.362 bits per heavy atom. The van der Waals surface area contributed by atoms with Gasteiger partial charge in [-0.25, -0.2) is 0 Å². The van der Waals surface area contributed by atoms with E-state index in [2.05, 4.69) is 48.8 Å². The Morgan fingerprint density at radius 2 is 0.710 bits per heavy atom. The fraction of sp³-hybridized carbons (Fsp3) is 0.818. The second-order valence-electron chi connectivity index (χ2n) is 18.1. The molecule has 0 saturated carbocycles. The molecule has 14 nitrogen and oxygen atoms in total. The molecular weight excluding hydrogens is 881 g/mol. The Morgan fingerprint density at radius 3 is 1.12 bits per heavy atom. The average molecular weight is 979 g/mol.